The van der Waals surface area contributed by atoms with E-state index in [0.717, 1.165) is 25.3 Å². The lowest BCUT2D eigenvalue weighted by molar-refractivity contribution is -0.0588. The minimum atomic E-state index is 0.159. The third kappa shape index (κ3) is 2.89. The monoisotopic (exact) mass is 289 g/mol. The molecule has 1 aliphatic heterocycles. The van der Waals surface area contributed by atoms with E-state index in [0.29, 0.717) is 12.1 Å². The minimum Gasteiger partial charge on any atom is -0.409 e. The molecule has 114 valence electrons. The van der Waals surface area contributed by atoms with E-state index < -0.39 is 0 Å². The van der Waals surface area contributed by atoms with E-state index in [4.69, 9.17) is 15.7 Å². The number of oxime groups is 1. The molecular formula is C16H23N3O2. The maximum absolute atomic E-state index is 8.75. The molecule has 3 rings (SSSR count). The van der Waals surface area contributed by atoms with Crippen LogP contribution in [0.4, 0.5) is 0 Å². The molecular weight excluding hydrogens is 266 g/mol. The third-order valence-electron chi connectivity index (χ3n) is 4.72. The second-order valence-corrected chi connectivity index (χ2v) is 6.00. The molecule has 1 saturated carbocycles. The smallest absolute Gasteiger partial charge is 0.170 e. The first-order valence-corrected chi connectivity index (χ1v) is 7.62. The van der Waals surface area contributed by atoms with Crippen molar-refractivity contribution in [2.24, 2.45) is 10.9 Å². The van der Waals surface area contributed by atoms with Gasteiger partial charge < -0.3 is 15.7 Å². The number of hydrogen-bond acceptors (Lipinski definition) is 4. The molecule has 0 radical (unpaired) electrons. The Morgan fingerprint density at radius 1 is 1.48 bits per heavy atom. The van der Waals surface area contributed by atoms with E-state index in [1.54, 1.807) is 0 Å². The molecule has 1 aliphatic carbocycles. The summed E-state index contributed by atoms with van der Waals surface area (Å²) in [4.78, 5) is 2.55. The molecule has 0 spiro atoms. The predicted molar refractivity (Wildman–Crippen MR) is 81.5 cm³/mol. The van der Waals surface area contributed by atoms with Crippen LogP contribution in [-0.4, -0.2) is 41.2 Å². The highest BCUT2D eigenvalue weighted by Crippen LogP contribution is 2.31. The molecule has 21 heavy (non-hydrogen) atoms. The van der Waals surface area contributed by atoms with Gasteiger partial charge in [0.2, 0.25) is 0 Å². The second kappa shape index (κ2) is 6.03. The summed E-state index contributed by atoms with van der Waals surface area (Å²) in [5, 5.41) is 11.8. The van der Waals surface area contributed by atoms with Gasteiger partial charge in [0.1, 0.15) is 0 Å². The molecule has 0 amide bonds. The molecule has 1 saturated heterocycles. The second-order valence-electron chi connectivity index (χ2n) is 6.00. The Morgan fingerprint density at radius 3 is 3.10 bits per heavy atom. The van der Waals surface area contributed by atoms with E-state index in [2.05, 4.69) is 23.0 Å². The zero-order valence-electron chi connectivity index (χ0n) is 12.5. The number of hydrogen-bond donors (Lipinski definition) is 2. The predicted octanol–water partition coefficient (Wildman–Crippen LogP) is 1.84. The Morgan fingerprint density at radius 2 is 2.33 bits per heavy atom. The van der Waals surface area contributed by atoms with Crippen molar-refractivity contribution in [2.75, 3.05) is 13.2 Å². The van der Waals surface area contributed by atoms with Crippen LogP contribution in [0.15, 0.2) is 23.4 Å². The zero-order chi connectivity index (χ0) is 14.8. The van der Waals surface area contributed by atoms with Crippen molar-refractivity contribution < 1.29 is 9.94 Å². The molecule has 5 heteroatoms. The van der Waals surface area contributed by atoms with Gasteiger partial charge in [-0.05, 0) is 43.4 Å². The van der Waals surface area contributed by atoms with Crippen LogP contribution in [0.25, 0.3) is 0 Å². The number of amidine groups is 1. The fourth-order valence-electron chi connectivity index (χ4n) is 3.51. The number of benzene rings is 1. The van der Waals surface area contributed by atoms with Crippen molar-refractivity contribution in [1.29, 1.82) is 0 Å². The summed E-state index contributed by atoms with van der Waals surface area (Å²) >= 11 is 0. The zero-order valence-corrected chi connectivity index (χ0v) is 12.5. The normalized spacial score (nSPS) is 26.8. The van der Waals surface area contributed by atoms with Gasteiger partial charge in [-0.3, -0.25) is 4.90 Å². The van der Waals surface area contributed by atoms with Gasteiger partial charge in [0.05, 0.1) is 12.7 Å². The van der Waals surface area contributed by atoms with Crippen LogP contribution < -0.4 is 5.73 Å². The van der Waals surface area contributed by atoms with E-state index in [-0.39, 0.29) is 5.84 Å². The van der Waals surface area contributed by atoms with Crippen molar-refractivity contribution in [3.8, 4) is 0 Å². The molecule has 2 atom stereocenters. The summed E-state index contributed by atoms with van der Waals surface area (Å²) in [6.07, 6.45) is 4.14. The molecule has 1 aromatic rings. The molecule has 5 nitrogen and oxygen atoms in total. The lowest BCUT2D eigenvalue weighted by atomic mass is 10.0. The standard InChI is InChI=1S/C16H23N3O2/c1-11-9-12(16(17)18-20)5-6-13(11)10-19-7-8-21-15-4-2-3-14(15)19/h5-6,9,14-15,20H,2-4,7-8,10H2,1H3,(H2,17,18). The highest BCUT2D eigenvalue weighted by Gasteiger charge is 2.35. The van der Waals surface area contributed by atoms with Gasteiger partial charge >= 0.3 is 0 Å². The Balaban J connectivity index is 1.75. The van der Waals surface area contributed by atoms with E-state index in [1.165, 1.54) is 30.4 Å². The maximum atomic E-state index is 8.75. The van der Waals surface area contributed by atoms with Gasteiger partial charge in [0.15, 0.2) is 5.84 Å². The number of morpholine rings is 1. The fraction of sp³-hybridized carbons (Fsp3) is 0.562. The van der Waals surface area contributed by atoms with Crippen LogP contribution in [0.3, 0.4) is 0 Å². The van der Waals surface area contributed by atoms with Crippen LogP contribution in [0, 0.1) is 6.92 Å². The highest BCUT2D eigenvalue weighted by molar-refractivity contribution is 5.97. The number of aryl methyl sites for hydroxylation is 1. The maximum Gasteiger partial charge on any atom is 0.170 e. The number of ether oxygens (including phenoxy) is 1. The summed E-state index contributed by atoms with van der Waals surface area (Å²) in [6, 6.07) is 6.56. The quantitative estimate of drug-likeness (QED) is 0.385. The Labute approximate surface area is 125 Å². The van der Waals surface area contributed by atoms with Crippen LogP contribution in [0.2, 0.25) is 0 Å². The van der Waals surface area contributed by atoms with Gasteiger partial charge in [-0.2, -0.15) is 0 Å². The first-order valence-electron chi connectivity index (χ1n) is 7.62. The lowest BCUT2D eigenvalue weighted by Gasteiger charge is -2.38. The topological polar surface area (TPSA) is 71.1 Å². The summed E-state index contributed by atoms with van der Waals surface area (Å²) < 4.78 is 5.86. The molecule has 2 aliphatic rings. The first kappa shape index (κ1) is 14.4. The van der Waals surface area contributed by atoms with Crippen LogP contribution in [-0.2, 0) is 11.3 Å². The number of rotatable bonds is 3. The molecule has 0 aromatic heterocycles. The number of nitrogens with zero attached hydrogens (tertiary/aromatic N) is 2. The van der Waals surface area contributed by atoms with Crippen molar-refractivity contribution in [3.05, 3.63) is 34.9 Å². The van der Waals surface area contributed by atoms with Crippen molar-refractivity contribution in [1.82, 2.24) is 4.90 Å². The SMILES string of the molecule is Cc1cc(/C(N)=N/O)ccc1CN1CCOC2CCCC21. The van der Waals surface area contributed by atoms with Crippen LogP contribution >= 0.6 is 0 Å². The van der Waals surface area contributed by atoms with Gasteiger partial charge in [0.25, 0.3) is 0 Å². The first-order chi connectivity index (χ1) is 10.2. The van der Waals surface area contributed by atoms with E-state index >= 15 is 0 Å². The molecule has 1 heterocycles. The number of nitrogens with two attached hydrogens (primary N) is 1. The molecule has 3 N–H and O–H groups in total. The van der Waals surface area contributed by atoms with E-state index in [9.17, 15) is 0 Å². The lowest BCUT2D eigenvalue weighted by Crippen LogP contribution is -2.47. The van der Waals surface area contributed by atoms with Gasteiger partial charge in [0, 0.05) is 24.7 Å². The fourth-order valence-corrected chi connectivity index (χ4v) is 3.51. The molecule has 0 bridgehead atoms. The summed E-state index contributed by atoms with van der Waals surface area (Å²) in [5.41, 5.74) is 8.89. The Bertz CT molecular complexity index is 544. The molecule has 1 aromatic carbocycles. The Kier molecular flexibility index (Phi) is 4.12. The number of fused-ring (bicyclic) bond motifs is 1. The van der Waals surface area contributed by atoms with Gasteiger partial charge in [-0.15, -0.1) is 0 Å². The summed E-state index contributed by atoms with van der Waals surface area (Å²) in [7, 11) is 0. The minimum absolute atomic E-state index is 0.159. The average Bonchev–Trinajstić information content (AvgIpc) is 2.98. The Hall–Kier alpha value is -1.59. The summed E-state index contributed by atoms with van der Waals surface area (Å²) in [5.74, 6) is 0.159. The molecule has 2 fully saturated rings. The largest absolute Gasteiger partial charge is 0.409 e. The van der Waals surface area contributed by atoms with Crippen LogP contribution in [0.5, 0.6) is 0 Å². The van der Waals surface area contributed by atoms with E-state index in [1.807, 2.05) is 12.1 Å². The highest BCUT2D eigenvalue weighted by atomic mass is 16.5. The average molecular weight is 289 g/mol. The molecule has 2 unspecified atom stereocenters. The summed E-state index contributed by atoms with van der Waals surface area (Å²) in [6.45, 7) is 4.87. The van der Waals surface area contributed by atoms with Crippen LogP contribution in [0.1, 0.15) is 36.0 Å². The third-order valence-corrected chi connectivity index (χ3v) is 4.72. The van der Waals surface area contributed by atoms with Gasteiger partial charge in [-0.25, -0.2) is 0 Å². The van der Waals surface area contributed by atoms with Crippen molar-refractivity contribution in [2.45, 2.75) is 44.9 Å². The van der Waals surface area contributed by atoms with Crippen molar-refractivity contribution in [3.63, 3.8) is 0 Å². The van der Waals surface area contributed by atoms with Gasteiger partial charge in [-0.1, -0.05) is 17.3 Å². The van der Waals surface area contributed by atoms with Crippen molar-refractivity contribution >= 4 is 5.84 Å².